The molecule has 1 amide bonds. The Morgan fingerprint density at radius 3 is 2.65 bits per heavy atom. The second kappa shape index (κ2) is 7.85. The summed E-state index contributed by atoms with van der Waals surface area (Å²) in [6.45, 7) is 4.90. The third-order valence-electron chi connectivity index (χ3n) is 3.53. The van der Waals surface area contributed by atoms with Gasteiger partial charge in [0.15, 0.2) is 5.82 Å². The van der Waals surface area contributed by atoms with Crippen LogP contribution in [0.25, 0.3) is 0 Å². The average Bonchev–Trinajstić information content (AvgIpc) is 2.49. The van der Waals surface area contributed by atoms with Gasteiger partial charge in [-0.1, -0.05) is 13.8 Å². The molecule has 7 heteroatoms. The number of hydrogen-bond acceptors (Lipinski definition) is 5. The van der Waals surface area contributed by atoms with Gasteiger partial charge in [0, 0.05) is 22.0 Å². The number of carbonyl (C=O) groups excluding carboxylic acids is 1. The minimum Gasteiger partial charge on any atom is -0.351 e. The topological polar surface area (TPSA) is 80.0 Å². The lowest BCUT2D eigenvalue weighted by atomic mass is 10.0. The van der Waals surface area contributed by atoms with Crippen LogP contribution in [0.1, 0.15) is 37.0 Å². The van der Waals surface area contributed by atoms with E-state index in [0.717, 1.165) is 17.3 Å². The summed E-state index contributed by atoms with van der Waals surface area (Å²) < 4.78 is 0.814. The second-order valence-corrected chi connectivity index (χ2v) is 6.66. The third kappa shape index (κ3) is 4.10. The van der Waals surface area contributed by atoms with Crippen molar-refractivity contribution in [1.82, 2.24) is 10.3 Å². The molecule has 1 aromatic heterocycles. The van der Waals surface area contributed by atoms with Crippen molar-refractivity contribution >= 4 is 39.4 Å². The van der Waals surface area contributed by atoms with Gasteiger partial charge in [-0.15, -0.1) is 0 Å². The highest BCUT2D eigenvalue weighted by atomic mass is 79.9. The number of nitrogen functional groups attached to an aromatic ring is 1. The summed E-state index contributed by atoms with van der Waals surface area (Å²) in [4.78, 5) is 16.4. The lowest BCUT2D eigenvalue weighted by Crippen LogP contribution is -2.40. The first-order chi connectivity index (χ1) is 9.51. The molecule has 0 aliphatic heterocycles. The predicted molar refractivity (Wildman–Crippen MR) is 88.9 cm³/mol. The number of nitrogens with one attached hydrogen (secondary N) is 2. The molecule has 20 heavy (non-hydrogen) atoms. The van der Waals surface area contributed by atoms with Crippen molar-refractivity contribution in [2.75, 3.05) is 18.2 Å². The monoisotopic (exact) mass is 360 g/mol. The Kier molecular flexibility index (Phi) is 6.78. The Labute approximate surface area is 132 Å². The highest BCUT2D eigenvalue weighted by Gasteiger charge is 2.26. The molecule has 1 rings (SSSR count). The Morgan fingerprint density at radius 1 is 1.50 bits per heavy atom. The lowest BCUT2D eigenvalue weighted by Gasteiger charge is -2.29. The number of nitrogens with two attached hydrogens (primary N) is 1. The molecule has 0 bridgehead atoms. The van der Waals surface area contributed by atoms with Crippen LogP contribution in [0.15, 0.2) is 16.7 Å². The Hall–Kier alpha value is -0.790. The van der Waals surface area contributed by atoms with Crippen molar-refractivity contribution in [3.8, 4) is 0 Å². The van der Waals surface area contributed by atoms with Gasteiger partial charge in [-0.25, -0.2) is 10.8 Å². The molecule has 0 aliphatic rings. The number of hydrazine groups is 1. The number of amides is 1. The molecule has 0 saturated carbocycles. The van der Waals surface area contributed by atoms with Crippen molar-refractivity contribution in [3.05, 3.63) is 22.3 Å². The Bertz CT molecular complexity index is 457. The first-order valence-corrected chi connectivity index (χ1v) is 8.49. The van der Waals surface area contributed by atoms with E-state index in [1.807, 2.05) is 0 Å². The van der Waals surface area contributed by atoms with Crippen molar-refractivity contribution in [2.24, 2.45) is 5.84 Å². The highest BCUT2D eigenvalue weighted by Crippen LogP contribution is 2.29. The van der Waals surface area contributed by atoms with Crippen LogP contribution in [0.3, 0.4) is 0 Å². The first-order valence-electron chi connectivity index (χ1n) is 6.47. The summed E-state index contributed by atoms with van der Waals surface area (Å²) >= 11 is 5.10. The minimum absolute atomic E-state index is 0.0748. The zero-order chi connectivity index (χ0) is 15.2. The second-order valence-electron chi connectivity index (χ2n) is 4.47. The summed E-state index contributed by atoms with van der Waals surface area (Å²) in [5.74, 6) is 5.58. The van der Waals surface area contributed by atoms with Gasteiger partial charge in [0.2, 0.25) is 0 Å². The van der Waals surface area contributed by atoms with Crippen molar-refractivity contribution in [3.63, 3.8) is 0 Å². The number of hydrogen-bond donors (Lipinski definition) is 3. The van der Waals surface area contributed by atoms with Gasteiger partial charge < -0.3 is 10.7 Å². The van der Waals surface area contributed by atoms with Crippen LogP contribution in [0.5, 0.6) is 0 Å². The van der Waals surface area contributed by atoms with E-state index in [2.05, 4.69) is 51.8 Å². The molecule has 0 spiro atoms. The van der Waals surface area contributed by atoms with E-state index in [1.165, 1.54) is 0 Å². The number of rotatable bonds is 7. The summed E-state index contributed by atoms with van der Waals surface area (Å²) in [5.41, 5.74) is 2.88. The normalized spacial score (nSPS) is 11.2. The van der Waals surface area contributed by atoms with Gasteiger partial charge in [-0.2, -0.15) is 11.8 Å². The van der Waals surface area contributed by atoms with Crippen LogP contribution in [0.2, 0.25) is 0 Å². The number of anilines is 1. The fraction of sp³-hybridized carbons (Fsp3) is 0.538. The van der Waals surface area contributed by atoms with Gasteiger partial charge in [-0.05, 0) is 41.1 Å². The van der Waals surface area contributed by atoms with Crippen LogP contribution in [-0.4, -0.2) is 28.4 Å². The van der Waals surface area contributed by atoms with Gasteiger partial charge in [0.05, 0.1) is 5.56 Å². The van der Waals surface area contributed by atoms with Crippen molar-refractivity contribution in [1.29, 1.82) is 0 Å². The van der Waals surface area contributed by atoms with Crippen molar-refractivity contribution in [2.45, 2.75) is 31.4 Å². The smallest absolute Gasteiger partial charge is 0.255 e. The molecule has 5 nitrogen and oxygen atoms in total. The molecule has 0 aliphatic carbocycles. The van der Waals surface area contributed by atoms with E-state index in [0.29, 0.717) is 17.9 Å². The number of pyridine rings is 1. The summed E-state index contributed by atoms with van der Waals surface area (Å²) in [5, 5.41) is 2.98. The minimum atomic E-state index is -0.174. The van der Waals surface area contributed by atoms with Crippen molar-refractivity contribution < 1.29 is 4.79 Å². The van der Waals surface area contributed by atoms with E-state index < -0.39 is 0 Å². The zero-order valence-corrected chi connectivity index (χ0v) is 14.4. The van der Waals surface area contributed by atoms with Crippen LogP contribution in [0, 0.1) is 0 Å². The molecule has 0 saturated heterocycles. The SMILES string of the molecule is CCC(CC)(CNC(=O)c1cc(Br)cnc1NN)SC. The van der Waals surface area contributed by atoms with E-state index in [-0.39, 0.29) is 10.7 Å². The third-order valence-corrected chi connectivity index (χ3v) is 5.55. The zero-order valence-electron chi connectivity index (χ0n) is 12.0. The number of halogens is 1. The molecular weight excluding hydrogens is 340 g/mol. The van der Waals surface area contributed by atoms with Crippen LogP contribution < -0.4 is 16.6 Å². The van der Waals surface area contributed by atoms with E-state index in [9.17, 15) is 4.79 Å². The summed E-state index contributed by atoms with van der Waals surface area (Å²) in [7, 11) is 0. The molecular formula is C13H21BrN4OS. The quantitative estimate of drug-likeness (QED) is 0.514. The molecule has 1 heterocycles. The van der Waals surface area contributed by atoms with Gasteiger partial charge in [0.1, 0.15) is 0 Å². The maximum absolute atomic E-state index is 12.3. The summed E-state index contributed by atoms with van der Waals surface area (Å²) in [6, 6.07) is 1.70. The largest absolute Gasteiger partial charge is 0.351 e. The predicted octanol–water partition coefficient (Wildman–Crippen LogP) is 2.78. The molecule has 0 aromatic carbocycles. The van der Waals surface area contributed by atoms with E-state index >= 15 is 0 Å². The fourth-order valence-electron chi connectivity index (χ4n) is 1.92. The Morgan fingerprint density at radius 2 is 2.15 bits per heavy atom. The van der Waals surface area contributed by atoms with Gasteiger partial charge >= 0.3 is 0 Å². The molecule has 112 valence electrons. The molecule has 0 atom stereocenters. The number of nitrogens with zero attached hydrogens (tertiary/aromatic N) is 1. The molecule has 0 fully saturated rings. The number of carbonyl (C=O) groups is 1. The van der Waals surface area contributed by atoms with Crippen LogP contribution in [-0.2, 0) is 0 Å². The molecule has 4 N–H and O–H groups in total. The van der Waals surface area contributed by atoms with E-state index in [4.69, 9.17) is 5.84 Å². The first kappa shape index (κ1) is 17.3. The van der Waals surface area contributed by atoms with Crippen LogP contribution in [0.4, 0.5) is 5.82 Å². The fourth-order valence-corrected chi connectivity index (χ4v) is 3.05. The molecule has 1 aromatic rings. The average molecular weight is 361 g/mol. The lowest BCUT2D eigenvalue weighted by molar-refractivity contribution is 0.0949. The van der Waals surface area contributed by atoms with Gasteiger partial charge in [0.25, 0.3) is 5.91 Å². The molecule has 0 radical (unpaired) electrons. The van der Waals surface area contributed by atoms with Gasteiger partial charge in [-0.3, -0.25) is 4.79 Å². The maximum atomic E-state index is 12.3. The van der Waals surface area contributed by atoms with Crippen LogP contribution >= 0.6 is 27.7 Å². The Balaban J connectivity index is 2.84. The number of aromatic nitrogens is 1. The number of thioether (sulfide) groups is 1. The highest BCUT2D eigenvalue weighted by molar-refractivity contribution is 9.10. The summed E-state index contributed by atoms with van der Waals surface area (Å²) in [6.07, 6.45) is 5.68. The standard InChI is InChI=1S/C13H21BrN4OS/c1-4-13(5-2,20-3)8-17-12(19)10-6-9(14)7-16-11(10)18-15/h6-7H,4-5,8,15H2,1-3H3,(H,16,18)(H,17,19). The molecule has 0 unspecified atom stereocenters. The maximum Gasteiger partial charge on any atom is 0.255 e. The van der Waals surface area contributed by atoms with E-state index in [1.54, 1.807) is 24.0 Å².